The van der Waals surface area contributed by atoms with E-state index in [0.29, 0.717) is 0 Å². The highest BCUT2D eigenvalue weighted by Gasteiger charge is 2.61. The number of rotatable bonds is 3. The summed E-state index contributed by atoms with van der Waals surface area (Å²) in [5, 5.41) is 0.740. The molecule has 7 heteroatoms. The third-order valence-corrected chi connectivity index (χ3v) is 7.03. The number of nitrogens with two attached hydrogens (primary N) is 1. The van der Waals surface area contributed by atoms with Crippen LogP contribution in [0.3, 0.4) is 0 Å². The monoisotopic (exact) mass is 303 g/mol. The predicted molar refractivity (Wildman–Crippen MR) is 76.5 cm³/mol. The first-order valence-electron chi connectivity index (χ1n) is 6.20. The van der Waals surface area contributed by atoms with Crippen LogP contribution in [-0.2, 0) is 10.0 Å². The Morgan fingerprint density at radius 1 is 1.32 bits per heavy atom. The standard InChI is InChI=1S/C12H21N3O2S2/c1-7-14-6-8(18-7)19(16,17)15-10-11(2,3)9(13)12(10,4)5/h6,9-10,15H,13H2,1-5H3. The van der Waals surface area contributed by atoms with Crippen LogP contribution in [0.5, 0.6) is 0 Å². The Balaban J connectivity index is 2.27. The molecule has 0 spiro atoms. The molecule has 0 aliphatic heterocycles. The summed E-state index contributed by atoms with van der Waals surface area (Å²) in [6, 6.07) is -0.210. The molecule has 0 atom stereocenters. The zero-order chi connectivity index (χ0) is 14.6. The molecule has 1 heterocycles. The van der Waals surface area contributed by atoms with E-state index in [1.165, 1.54) is 17.5 Å². The fourth-order valence-corrected chi connectivity index (χ4v) is 5.84. The van der Waals surface area contributed by atoms with Crippen molar-refractivity contribution in [2.75, 3.05) is 0 Å². The highest BCUT2D eigenvalue weighted by atomic mass is 32.2. The van der Waals surface area contributed by atoms with Crippen LogP contribution in [0.4, 0.5) is 0 Å². The van der Waals surface area contributed by atoms with Gasteiger partial charge in [-0.1, -0.05) is 27.7 Å². The van der Waals surface area contributed by atoms with Crippen LogP contribution >= 0.6 is 11.3 Å². The van der Waals surface area contributed by atoms with Crippen molar-refractivity contribution >= 4 is 21.4 Å². The second-order valence-corrected chi connectivity index (χ2v) is 9.55. The zero-order valence-electron chi connectivity index (χ0n) is 11.9. The van der Waals surface area contributed by atoms with Gasteiger partial charge < -0.3 is 5.73 Å². The number of thiazole rings is 1. The number of aromatic nitrogens is 1. The minimum Gasteiger partial charge on any atom is -0.327 e. The van der Waals surface area contributed by atoms with Crippen LogP contribution in [-0.4, -0.2) is 25.5 Å². The lowest BCUT2D eigenvalue weighted by Gasteiger charge is -2.62. The van der Waals surface area contributed by atoms with E-state index in [4.69, 9.17) is 5.73 Å². The first kappa shape index (κ1) is 14.9. The quantitative estimate of drug-likeness (QED) is 0.886. The molecule has 1 saturated carbocycles. The normalized spacial score (nSPS) is 28.9. The molecule has 1 aromatic rings. The highest BCUT2D eigenvalue weighted by molar-refractivity contribution is 7.91. The van der Waals surface area contributed by atoms with E-state index >= 15 is 0 Å². The largest absolute Gasteiger partial charge is 0.327 e. The van der Waals surface area contributed by atoms with Gasteiger partial charge in [-0.25, -0.2) is 18.1 Å². The van der Waals surface area contributed by atoms with Gasteiger partial charge in [-0.15, -0.1) is 11.3 Å². The topological polar surface area (TPSA) is 85.1 Å². The van der Waals surface area contributed by atoms with Gasteiger partial charge in [0, 0.05) is 12.1 Å². The number of hydrogen-bond acceptors (Lipinski definition) is 5. The zero-order valence-corrected chi connectivity index (χ0v) is 13.5. The molecular formula is C12H21N3O2S2. The molecule has 1 aliphatic carbocycles. The maximum absolute atomic E-state index is 12.3. The minimum absolute atomic E-state index is 0.0316. The van der Waals surface area contributed by atoms with E-state index in [0.717, 1.165) is 5.01 Å². The molecule has 0 radical (unpaired) electrons. The Hall–Kier alpha value is -0.500. The van der Waals surface area contributed by atoms with Crippen LogP contribution in [0.15, 0.2) is 10.4 Å². The van der Waals surface area contributed by atoms with Crippen molar-refractivity contribution in [3.05, 3.63) is 11.2 Å². The average molecular weight is 303 g/mol. The van der Waals surface area contributed by atoms with E-state index in [-0.39, 0.29) is 27.1 Å². The predicted octanol–water partition coefficient (Wildman–Crippen LogP) is 1.49. The van der Waals surface area contributed by atoms with Gasteiger partial charge in [0.1, 0.15) is 0 Å². The average Bonchev–Trinajstić information content (AvgIpc) is 2.72. The summed E-state index contributed by atoms with van der Waals surface area (Å²) in [7, 11) is -3.51. The maximum atomic E-state index is 12.3. The lowest BCUT2D eigenvalue weighted by atomic mass is 9.49. The van der Waals surface area contributed by atoms with Gasteiger partial charge in [-0.05, 0) is 17.8 Å². The summed E-state index contributed by atoms with van der Waals surface area (Å²) >= 11 is 1.18. The van der Waals surface area contributed by atoms with Crippen LogP contribution in [0.1, 0.15) is 32.7 Å². The number of nitrogens with zero attached hydrogens (tertiary/aromatic N) is 1. The second kappa shape index (κ2) is 4.25. The summed E-state index contributed by atoms with van der Waals surface area (Å²) in [4.78, 5) is 4.00. The van der Waals surface area contributed by atoms with Gasteiger partial charge in [0.15, 0.2) is 4.21 Å². The van der Waals surface area contributed by atoms with E-state index in [2.05, 4.69) is 9.71 Å². The molecular weight excluding hydrogens is 282 g/mol. The number of hydrogen-bond donors (Lipinski definition) is 2. The number of nitrogens with one attached hydrogen (secondary N) is 1. The van der Waals surface area contributed by atoms with Gasteiger partial charge >= 0.3 is 0 Å². The summed E-state index contributed by atoms with van der Waals surface area (Å²) < 4.78 is 27.8. The van der Waals surface area contributed by atoms with Crippen molar-refractivity contribution in [2.45, 2.75) is 50.9 Å². The Bertz CT molecular complexity index is 574. The molecule has 19 heavy (non-hydrogen) atoms. The molecule has 0 bridgehead atoms. The summed E-state index contributed by atoms with van der Waals surface area (Å²) in [5.41, 5.74) is 5.63. The van der Waals surface area contributed by atoms with Crippen molar-refractivity contribution < 1.29 is 8.42 Å². The van der Waals surface area contributed by atoms with Crippen LogP contribution in [0.25, 0.3) is 0 Å². The fourth-order valence-electron chi connectivity index (χ4n) is 3.16. The van der Waals surface area contributed by atoms with Gasteiger partial charge in [0.25, 0.3) is 10.0 Å². The number of aryl methyl sites for hydroxylation is 1. The Morgan fingerprint density at radius 3 is 2.26 bits per heavy atom. The summed E-state index contributed by atoms with van der Waals surface area (Å²) in [5.74, 6) is 0. The first-order chi connectivity index (χ1) is 8.49. The van der Waals surface area contributed by atoms with Crippen LogP contribution in [0, 0.1) is 17.8 Å². The molecule has 0 amide bonds. The van der Waals surface area contributed by atoms with Gasteiger partial charge in [-0.2, -0.15) is 0 Å². The third kappa shape index (κ3) is 2.22. The molecule has 0 unspecified atom stereocenters. The van der Waals surface area contributed by atoms with Crippen LogP contribution in [0.2, 0.25) is 0 Å². The van der Waals surface area contributed by atoms with Crippen molar-refractivity contribution in [1.29, 1.82) is 0 Å². The Kier molecular flexibility index (Phi) is 3.33. The lowest BCUT2D eigenvalue weighted by molar-refractivity contribution is -0.0593. The van der Waals surface area contributed by atoms with Gasteiger partial charge in [-0.3, -0.25) is 0 Å². The lowest BCUT2D eigenvalue weighted by Crippen LogP contribution is -2.75. The molecule has 5 nitrogen and oxygen atoms in total. The molecule has 1 fully saturated rings. The molecule has 0 aromatic carbocycles. The van der Waals surface area contributed by atoms with Crippen molar-refractivity contribution in [3.63, 3.8) is 0 Å². The SMILES string of the molecule is Cc1ncc(S(=O)(=O)NC2C(C)(C)C(N)C2(C)C)s1. The minimum atomic E-state index is -3.51. The molecule has 2 rings (SSSR count). The Morgan fingerprint density at radius 2 is 1.84 bits per heavy atom. The summed E-state index contributed by atoms with van der Waals surface area (Å²) in [6.45, 7) is 9.76. The van der Waals surface area contributed by atoms with Gasteiger partial charge in [0.2, 0.25) is 0 Å². The highest BCUT2D eigenvalue weighted by Crippen LogP contribution is 2.53. The number of sulfonamides is 1. The first-order valence-corrected chi connectivity index (χ1v) is 8.50. The van der Waals surface area contributed by atoms with Crippen LogP contribution < -0.4 is 10.5 Å². The van der Waals surface area contributed by atoms with Crippen molar-refractivity contribution in [2.24, 2.45) is 16.6 Å². The molecule has 0 saturated heterocycles. The van der Waals surface area contributed by atoms with E-state index in [1.54, 1.807) is 6.92 Å². The molecule has 1 aliphatic rings. The molecule has 1 aromatic heterocycles. The smallest absolute Gasteiger partial charge is 0.251 e. The molecule has 3 N–H and O–H groups in total. The fraction of sp³-hybridized carbons (Fsp3) is 0.750. The molecule has 108 valence electrons. The Labute approximate surface area is 118 Å². The van der Waals surface area contributed by atoms with E-state index < -0.39 is 10.0 Å². The van der Waals surface area contributed by atoms with E-state index in [9.17, 15) is 8.42 Å². The van der Waals surface area contributed by atoms with Gasteiger partial charge in [0.05, 0.1) is 11.2 Å². The third-order valence-electron chi connectivity index (χ3n) is 4.23. The van der Waals surface area contributed by atoms with Crippen molar-refractivity contribution in [3.8, 4) is 0 Å². The van der Waals surface area contributed by atoms with E-state index in [1.807, 2.05) is 27.7 Å². The second-order valence-electron chi connectivity index (χ2n) is 6.37. The van der Waals surface area contributed by atoms with Crippen molar-refractivity contribution in [1.82, 2.24) is 9.71 Å². The maximum Gasteiger partial charge on any atom is 0.251 e. The summed E-state index contributed by atoms with van der Waals surface area (Å²) in [6.07, 6.45) is 1.40.